The van der Waals surface area contributed by atoms with E-state index in [-0.39, 0.29) is 6.04 Å². The Balaban J connectivity index is 4.05. The standard InChI is InChI=1S/C10H21NO/c1-7(2)6-9(11-5)10(12)8(3)4/h7,9-12H,3,6H2,1-2,4-5H3/t9-,10+/m0/s1. The highest BCUT2D eigenvalue weighted by Gasteiger charge is 2.18. The molecule has 0 spiro atoms. The van der Waals surface area contributed by atoms with Crippen LogP contribution in [-0.2, 0) is 0 Å². The van der Waals surface area contributed by atoms with Crippen molar-refractivity contribution >= 4 is 0 Å². The third-order valence-electron chi connectivity index (χ3n) is 1.98. The molecule has 0 aliphatic carbocycles. The summed E-state index contributed by atoms with van der Waals surface area (Å²) in [5.74, 6) is 0.594. The molecule has 2 atom stereocenters. The van der Waals surface area contributed by atoms with Gasteiger partial charge in [0.1, 0.15) is 0 Å². The van der Waals surface area contributed by atoms with Crippen LogP contribution < -0.4 is 5.32 Å². The molecule has 12 heavy (non-hydrogen) atoms. The van der Waals surface area contributed by atoms with E-state index in [0.717, 1.165) is 12.0 Å². The summed E-state index contributed by atoms with van der Waals surface area (Å²) in [6, 6.07) is 0.141. The van der Waals surface area contributed by atoms with E-state index in [1.165, 1.54) is 0 Å². The lowest BCUT2D eigenvalue weighted by atomic mass is 9.96. The summed E-state index contributed by atoms with van der Waals surface area (Å²) in [5, 5.41) is 12.8. The van der Waals surface area contributed by atoms with Gasteiger partial charge in [-0.25, -0.2) is 0 Å². The molecule has 0 aromatic carbocycles. The molecule has 0 saturated heterocycles. The number of hydrogen-bond acceptors (Lipinski definition) is 2. The summed E-state index contributed by atoms with van der Waals surface area (Å²) in [6.45, 7) is 9.89. The van der Waals surface area contributed by atoms with Gasteiger partial charge in [-0.05, 0) is 26.3 Å². The lowest BCUT2D eigenvalue weighted by Crippen LogP contribution is -2.39. The van der Waals surface area contributed by atoms with Gasteiger partial charge in [-0.3, -0.25) is 0 Å². The van der Waals surface area contributed by atoms with Crippen molar-refractivity contribution in [1.82, 2.24) is 5.32 Å². The molecule has 0 radical (unpaired) electrons. The monoisotopic (exact) mass is 171 g/mol. The third kappa shape index (κ3) is 3.88. The summed E-state index contributed by atoms with van der Waals surface area (Å²) in [6.07, 6.45) is 0.558. The van der Waals surface area contributed by atoms with Gasteiger partial charge in [-0.15, -0.1) is 0 Å². The molecule has 0 aromatic rings. The number of likely N-dealkylation sites (N-methyl/N-ethyl adjacent to an activating group) is 1. The Labute approximate surface area is 75.7 Å². The second kappa shape index (κ2) is 5.33. The van der Waals surface area contributed by atoms with Crippen molar-refractivity contribution in [2.24, 2.45) is 5.92 Å². The number of hydrogen-bond donors (Lipinski definition) is 2. The smallest absolute Gasteiger partial charge is 0.0897 e. The second-order valence-corrected chi connectivity index (χ2v) is 3.82. The SMILES string of the molecule is C=C(C)[C@@H](O)[C@H](CC(C)C)NC. The molecule has 0 aromatic heterocycles. The Kier molecular flexibility index (Phi) is 5.18. The van der Waals surface area contributed by atoms with E-state index in [4.69, 9.17) is 0 Å². The average Bonchev–Trinajstić information content (AvgIpc) is 1.98. The second-order valence-electron chi connectivity index (χ2n) is 3.82. The molecule has 0 aliphatic rings. The minimum absolute atomic E-state index is 0.141. The number of nitrogens with one attached hydrogen (secondary N) is 1. The normalized spacial score (nSPS) is 16.2. The lowest BCUT2D eigenvalue weighted by molar-refractivity contribution is 0.152. The third-order valence-corrected chi connectivity index (χ3v) is 1.98. The van der Waals surface area contributed by atoms with Crippen LogP contribution in [0, 0.1) is 5.92 Å². The number of aliphatic hydroxyl groups is 1. The van der Waals surface area contributed by atoms with Gasteiger partial charge in [0, 0.05) is 6.04 Å². The summed E-state index contributed by atoms with van der Waals surface area (Å²) in [5.41, 5.74) is 0.829. The summed E-state index contributed by atoms with van der Waals surface area (Å²) >= 11 is 0. The van der Waals surface area contributed by atoms with Crippen molar-refractivity contribution in [2.45, 2.75) is 39.3 Å². The Morgan fingerprint density at radius 2 is 2.00 bits per heavy atom. The zero-order chi connectivity index (χ0) is 9.72. The Morgan fingerprint density at radius 3 is 2.25 bits per heavy atom. The zero-order valence-electron chi connectivity index (χ0n) is 8.59. The number of rotatable bonds is 5. The molecular formula is C10H21NO. The molecule has 0 aliphatic heterocycles. The fourth-order valence-corrected chi connectivity index (χ4v) is 1.26. The van der Waals surface area contributed by atoms with Crippen LogP contribution in [0.2, 0.25) is 0 Å². The Hall–Kier alpha value is -0.340. The first-order chi connectivity index (χ1) is 5.49. The fourth-order valence-electron chi connectivity index (χ4n) is 1.26. The molecular weight excluding hydrogens is 150 g/mol. The van der Waals surface area contributed by atoms with Crippen LogP contribution in [-0.4, -0.2) is 24.3 Å². The molecule has 0 unspecified atom stereocenters. The van der Waals surface area contributed by atoms with Gasteiger partial charge < -0.3 is 10.4 Å². The van der Waals surface area contributed by atoms with Crippen molar-refractivity contribution in [3.05, 3.63) is 12.2 Å². The fraction of sp³-hybridized carbons (Fsp3) is 0.800. The van der Waals surface area contributed by atoms with Crippen LogP contribution in [0.25, 0.3) is 0 Å². The maximum absolute atomic E-state index is 9.67. The maximum atomic E-state index is 9.67. The van der Waals surface area contributed by atoms with E-state index in [1.807, 2.05) is 14.0 Å². The molecule has 2 nitrogen and oxygen atoms in total. The highest BCUT2D eigenvalue weighted by atomic mass is 16.3. The van der Waals surface area contributed by atoms with Gasteiger partial charge in [-0.1, -0.05) is 26.0 Å². The van der Waals surface area contributed by atoms with Gasteiger partial charge in [0.05, 0.1) is 6.10 Å². The van der Waals surface area contributed by atoms with Crippen molar-refractivity contribution in [1.29, 1.82) is 0 Å². The summed E-state index contributed by atoms with van der Waals surface area (Å²) in [7, 11) is 1.87. The molecule has 0 amide bonds. The van der Waals surface area contributed by atoms with Gasteiger partial charge in [0.2, 0.25) is 0 Å². The first-order valence-electron chi connectivity index (χ1n) is 4.49. The van der Waals surface area contributed by atoms with Crippen LogP contribution in [0.4, 0.5) is 0 Å². The van der Waals surface area contributed by atoms with Gasteiger partial charge in [0.15, 0.2) is 0 Å². The van der Waals surface area contributed by atoms with Crippen molar-refractivity contribution < 1.29 is 5.11 Å². The highest BCUT2D eigenvalue weighted by molar-refractivity contribution is 5.02. The van der Waals surface area contributed by atoms with E-state index in [2.05, 4.69) is 25.7 Å². The quantitative estimate of drug-likeness (QED) is 0.615. The molecule has 0 rings (SSSR count). The molecule has 0 bridgehead atoms. The van der Waals surface area contributed by atoms with Crippen LogP contribution >= 0.6 is 0 Å². The summed E-state index contributed by atoms with van der Waals surface area (Å²) in [4.78, 5) is 0. The zero-order valence-corrected chi connectivity index (χ0v) is 8.59. The summed E-state index contributed by atoms with van der Waals surface area (Å²) < 4.78 is 0. The van der Waals surface area contributed by atoms with E-state index >= 15 is 0 Å². The van der Waals surface area contributed by atoms with E-state index < -0.39 is 6.10 Å². The highest BCUT2D eigenvalue weighted by Crippen LogP contribution is 2.12. The van der Waals surface area contributed by atoms with E-state index in [1.54, 1.807) is 0 Å². The minimum atomic E-state index is -0.419. The Bertz CT molecular complexity index is 143. The van der Waals surface area contributed by atoms with Gasteiger partial charge >= 0.3 is 0 Å². The molecule has 2 heteroatoms. The number of aliphatic hydroxyl groups excluding tert-OH is 1. The van der Waals surface area contributed by atoms with Gasteiger partial charge in [0.25, 0.3) is 0 Å². The molecule has 0 fully saturated rings. The van der Waals surface area contributed by atoms with Crippen LogP contribution in [0.3, 0.4) is 0 Å². The van der Waals surface area contributed by atoms with Crippen molar-refractivity contribution in [2.75, 3.05) is 7.05 Å². The molecule has 2 N–H and O–H groups in total. The van der Waals surface area contributed by atoms with Crippen LogP contribution in [0.5, 0.6) is 0 Å². The van der Waals surface area contributed by atoms with E-state index in [9.17, 15) is 5.11 Å². The predicted octanol–water partition coefficient (Wildman–Crippen LogP) is 1.56. The predicted molar refractivity (Wildman–Crippen MR) is 53.1 cm³/mol. The first kappa shape index (κ1) is 11.7. The minimum Gasteiger partial charge on any atom is -0.387 e. The van der Waals surface area contributed by atoms with Crippen LogP contribution in [0.1, 0.15) is 27.2 Å². The van der Waals surface area contributed by atoms with Crippen molar-refractivity contribution in [3.8, 4) is 0 Å². The Morgan fingerprint density at radius 1 is 1.50 bits per heavy atom. The van der Waals surface area contributed by atoms with Crippen molar-refractivity contribution in [3.63, 3.8) is 0 Å². The largest absolute Gasteiger partial charge is 0.387 e. The molecule has 0 saturated carbocycles. The maximum Gasteiger partial charge on any atom is 0.0897 e. The molecule has 72 valence electrons. The van der Waals surface area contributed by atoms with Gasteiger partial charge in [-0.2, -0.15) is 0 Å². The van der Waals surface area contributed by atoms with E-state index in [0.29, 0.717) is 5.92 Å². The van der Waals surface area contributed by atoms with Crippen LogP contribution in [0.15, 0.2) is 12.2 Å². The lowest BCUT2D eigenvalue weighted by Gasteiger charge is -2.24. The first-order valence-corrected chi connectivity index (χ1v) is 4.49. The topological polar surface area (TPSA) is 32.3 Å². The average molecular weight is 171 g/mol. The molecule has 0 heterocycles.